The summed E-state index contributed by atoms with van der Waals surface area (Å²) >= 11 is 0. The first kappa shape index (κ1) is 20.6. The number of benzene rings is 1. The molecular weight excluding hydrogens is 340 g/mol. The summed E-state index contributed by atoms with van der Waals surface area (Å²) in [6.07, 6.45) is 3.42. The van der Waals surface area contributed by atoms with Crippen LogP contribution in [0.15, 0.2) is 48.8 Å². The van der Waals surface area contributed by atoms with E-state index in [-0.39, 0.29) is 23.8 Å². The van der Waals surface area contributed by atoms with Crippen LogP contribution in [0.2, 0.25) is 0 Å². The van der Waals surface area contributed by atoms with Crippen LogP contribution in [0.25, 0.3) is 0 Å². The van der Waals surface area contributed by atoms with Gasteiger partial charge < -0.3 is 9.64 Å². The molecule has 1 aromatic heterocycles. The SMILES string of the molecule is COC(=O)C(C)CN(Cc1cccnc1)C(=O)c1ccc(C(C)(C)C)cc1. The number of hydrogen-bond acceptors (Lipinski definition) is 4. The summed E-state index contributed by atoms with van der Waals surface area (Å²) in [5.74, 6) is -0.860. The minimum absolute atomic E-state index is 0.0242. The Morgan fingerprint density at radius 3 is 2.33 bits per heavy atom. The van der Waals surface area contributed by atoms with Gasteiger partial charge in [0.1, 0.15) is 0 Å². The van der Waals surface area contributed by atoms with Crippen molar-refractivity contribution >= 4 is 11.9 Å². The lowest BCUT2D eigenvalue weighted by Crippen LogP contribution is -2.37. The third-order valence-corrected chi connectivity index (χ3v) is 4.48. The number of hydrogen-bond donors (Lipinski definition) is 0. The Morgan fingerprint density at radius 1 is 1.15 bits per heavy atom. The molecule has 0 saturated heterocycles. The molecule has 0 aliphatic heterocycles. The number of pyridine rings is 1. The minimum Gasteiger partial charge on any atom is -0.469 e. The smallest absolute Gasteiger partial charge is 0.310 e. The summed E-state index contributed by atoms with van der Waals surface area (Å²) < 4.78 is 4.81. The summed E-state index contributed by atoms with van der Waals surface area (Å²) in [5.41, 5.74) is 2.70. The lowest BCUT2D eigenvalue weighted by Gasteiger charge is -2.26. The fourth-order valence-electron chi connectivity index (χ4n) is 2.83. The third-order valence-electron chi connectivity index (χ3n) is 4.48. The number of nitrogens with zero attached hydrogens (tertiary/aromatic N) is 2. The highest BCUT2D eigenvalue weighted by molar-refractivity contribution is 5.94. The molecule has 0 bridgehead atoms. The van der Waals surface area contributed by atoms with E-state index in [2.05, 4.69) is 25.8 Å². The van der Waals surface area contributed by atoms with Crippen molar-refractivity contribution in [2.75, 3.05) is 13.7 Å². The lowest BCUT2D eigenvalue weighted by molar-refractivity contribution is -0.145. The van der Waals surface area contributed by atoms with Gasteiger partial charge in [0.25, 0.3) is 5.91 Å². The molecule has 2 rings (SSSR count). The fraction of sp³-hybridized carbons (Fsp3) is 0.409. The molecule has 0 saturated carbocycles. The summed E-state index contributed by atoms with van der Waals surface area (Å²) in [6.45, 7) is 8.83. The van der Waals surface area contributed by atoms with Crippen molar-refractivity contribution in [2.45, 2.75) is 39.7 Å². The molecule has 2 aromatic rings. The number of carbonyl (C=O) groups excluding carboxylic acids is 2. The molecule has 1 aromatic carbocycles. The molecule has 27 heavy (non-hydrogen) atoms. The predicted molar refractivity (Wildman–Crippen MR) is 105 cm³/mol. The molecular formula is C22H28N2O3. The van der Waals surface area contributed by atoms with Crippen molar-refractivity contribution in [1.82, 2.24) is 9.88 Å². The van der Waals surface area contributed by atoms with Crippen molar-refractivity contribution in [3.05, 3.63) is 65.5 Å². The zero-order valence-corrected chi connectivity index (χ0v) is 16.7. The number of ether oxygens (including phenoxy) is 1. The van der Waals surface area contributed by atoms with Gasteiger partial charge in [-0.1, -0.05) is 45.9 Å². The summed E-state index contributed by atoms with van der Waals surface area (Å²) in [5, 5.41) is 0. The van der Waals surface area contributed by atoms with Crippen molar-refractivity contribution in [2.24, 2.45) is 5.92 Å². The van der Waals surface area contributed by atoms with Gasteiger partial charge >= 0.3 is 5.97 Å². The second-order valence-electron chi connectivity index (χ2n) is 7.80. The number of carbonyl (C=O) groups is 2. The van der Waals surface area contributed by atoms with Gasteiger partial charge in [-0.25, -0.2) is 0 Å². The van der Waals surface area contributed by atoms with Gasteiger partial charge in [0, 0.05) is 31.0 Å². The largest absolute Gasteiger partial charge is 0.469 e. The monoisotopic (exact) mass is 368 g/mol. The van der Waals surface area contributed by atoms with E-state index in [4.69, 9.17) is 4.74 Å². The number of rotatable bonds is 6. The summed E-state index contributed by atoms with van der Waals surface area (Å²) in [7, 11) is 1.36. The van der Waals surface area contributed by atoms with Gasteiger partial charge in [0.05, 0.1) is 13.0 Å². The normalized spacial score (nSPS) is 12.3. The van der Waals surface area contributed by atoms with Crippen molar-refractivity contribution in [3.63, 3.8) is 0 Å². The second-order valence-corrected chi connectivity index (χ2v) is 7.80. The van der Waals surface area contributed by atoms with Crippen molar-refractivity contribution in [3.8, 4) is 0 Å². The van der Waals surface area contributed by atoms with Crippen LogP contribution in [0.5, 0.6) is 0 Å². The Morgan fingerprint density at radius 2 is 1.81 bits per heavy atom. The molecule has 1 unspecified atom stereocenters. The van der Waals surface area contributed by atoms with E-state index in [9.17, 15) is 9.59 Å². The molecule has 0 spiro atoms. The molecule has 1 amide bonds. The van der Waals surface area contributed by atoms with Gasteiger partial charge in [-0.2, -0.15) is 0 Å². The minimum atomic E-state index is -0.413. The van der Waals surface area contributed by atoms with Gasteiger partial charge in [-0.15, -0.1) is 0 Å². The average molecular weight is 368 g/mol. The molecule has 0 fully saturated rings. The Hall–Kier alpha value is -2.69. The molecule has 5 heteroatoms. The van der Waals surface area contributed by atoms with Gasteiger partial charge in [0.2, 0.25) is 0 Å². The van der Waals surface area contributed by atoms with E-state index >= 15 is 0 Å². The Kier molecular flexibility index (Phi) is 6.72. The standard InChI is InChI=1S/C22H28N2O3/c1-16(21(26)27-5)14-24(15-17-7-6-12-23-13-17)20(25)18-8-10-19(11-9-18)22(2,3)4/h6-13,16H,14-15H2,1-5H3. The van der Waals surface area contributed by atoms with Crippen LogP contribution in [0.4, 0.5) is 0 Å². The number of aromatic nitrogens is 1. The second kappa shape index (κ2) is 8.80. The fourth-order valence-corrected chi connectivity index (χ4v) is 2.83. The molecule has 0 aliphatic carbocycles. The Balaban J connectivity index is 2.25. The molecule has 0 N–H and O–H groups in total. The highest BCUT2D eigenvalue weighted by atomic mass is 16.5. The van der Waals surface area contributed by atoms with Crippen LogP contribution in [-0.4, -0.2) is 35.4 Å². The topological polar surface area (TPSA) is 59.5 Å². The number of methoxy groups -OCH3 is 1. The number of amides is 1. The maximum absolute atomic E-state index is 13.1. The maximum atomic E-state index is 13.1. The van der Waals surface area contributed by atoms with Crippen LogP contribution in [0, 0.1) is 5.92 Å². The molecule has 5 nitrogen and oxygen atoms in total. The van der Waals surface area contributed by atoms with Gasteiger partial charge in [-0.05, 0) is 34.7 Å². The molecule has 144 valence electrons. The average Bonchev–Trinajstić information content (AvgIpc) is 2.66. The first-order valence-electron chi connectivity index (χ1n) is 9.09. The van der Waals surface area contributed by atoms with Crippen molar-refractivity contribution in [1.29, 1.82) is 0 Å². The zero-order chi connectivity index (χ0) is 20.0. The van der Waals surface area contributed by atoms with Crippen LogP contribution in [-0.2, 0) is 21.5 Å². The quantitative estimate of drug-likeness (QED) is 0.727. The van der Waals surface area contributed by atoms with E-state index in [1.807, 2.05) is 36.4 Å². The molecule has 0 aliphatic rings. The van der Waals surface area contributed by atoms with Crippen molar-refractivity contribution < 1.29 is 14.3 Å². The number of esters is 1. The lowest BCUT2D eigenvalue weighted by atomic mass is 9.86. The van der Waals surface area contributed by atoms with Crippen LogP contribution in [0.3, 0.4) is 0 Å². The molecule has 0 radical (unpaired) electrons. The summed E-state index contributed by atoms with van der Waals surface area (Å²) in [6, 6.07) is 11.4. The van der Waals surface area contributed by atoms with Crippen LogP contribution >= 0.6 is 0 Å². The molecule has 1 heterocycles. The van der Waals surface area contributed by atoms with Crippen LogP contribution < -0.4 is 0 Å². The van der Waals surface area contributed by atoms with Gasteiger partial charge in [-0.3, -0.25) is 14.6 Å². The van der Waals surface area contributed by atoms with Gasteiger partial charge in [0.15, 0.2) is 0 Å². The molecule has 1 atom stereocenters. The van der Waals surface area contributed by atoms with E-state index in [0.717, 1.165) is 5.56 Å². The predicted octanol–water partition coefficient (Wildman–Crippen LogP) is 3.83. The van der Waals surface area contributed by atoms with E-state index in [1.54, 1.807) is 24.2 Å². The Labute approximate surface area is 161 Å². The van der Waals surface area contributed by atoms with E-state index in [0.29, 0.717) is 12.1 Å². The van der Waals surface area contributed by atoms with E-state index in [1.165, 1.54) is 12.7 Å². The first-order valence-corrected chi connectivity index (χ1v) is 9.09. The van der Waals surface area contributed by atoms with Crippen LogP contribution in [0.1, 0.15) is 49.2 Å². The Bertz CT molecular complexity index is 764. The maximum Gasteiger partial charge on any atom is 0.310 e. The highest BCUT2D eigenvalue weighted by Gasteiger charge is 2.23. The summed E-state index contributed by atoms with van der Waals surface area (Å²) in [4.78, 5) is 30.7. The first-order chi connectivity index (χ1) is 12.7. The third kappa shape index (κ3) is 5.64. The van der Waals surface area contributed by atoms with E-state index < -0.39 is 5.92 Å². The zero-order valence-electron chi connectivity index (χ0n) is 16.7. The highest BCUT2D eigenvalue weighted by Crippen LogP contribution is 2.23.